The second kappa shape index (κ2) is 5.47. The first-order valence-corrected chi connectivity index (χ1v) is 6.40. The molecule has 1 atom stereocenters. The van der Waals surface area contributed by atoms with Gasteiger partial charge in [-0.1, -0.05) is 11.6 Å². The van der Waals surface area contributed by atoms with Crippen LogP contribution in [0.4, 0.5) is 19.0 Å². The number of pyridine rings is 1. The van der Waals surface area contributed by atoms with Crippen LogP contribution >= 0.6 is 11.6 Å². The molecule has 0 radical (unpaired) electrons. The van der Waals surface area contributed by atoms with E-state index in [1.807, 2.05) is 0 Å². The highest BCUT2D eigenvalue weighted by Gasteiger charge is 2.34. The fourth-order valence-electron chi connectivity index (χ4n) is 2.24. The lowest BCUT2D eigenvalue weighted by atomic mass is 10.0. The number of carboxylic acid groups (broad SMARTS) is 1. The molecule has 4 nitrogen and oxygen atoms in total. The Kier molecular flexibility index (Phi) is 4.08. The third kappa shape index (κ3) is 2.98. The molecule has 2 heterocycles. The standard InChI is InChI=1S/C12H12ClF3N2O2/c13-8-5-7(12(14,15)16)6-17-10(8)18-4-2-1-3-9(18)11(19)20/h5-6,9H,1-4H2,(H,19,20)/t9-/m1/s1. The Morgan fingerprint density at radius 1 is 1.45 bits per heavy atom. The van der Waals surface area contributed by atoms with Gasteiger partial charge in [0.05, 0.1) is 10.6 Å². The molecule has 0 aliphatic carbocycles. The summed E-state index contributed by atoms with van der Waals surface area (Å²) in [6.07, 6.45) is -1.92. The molecule has 0 unspecified atom stereocenters. The lowest BCUT2D eigenvalue weighted by Crippen LogP contribution is -2.45. The van der Waals surface area contributed by atoms with Gasteiger partial charge < -0.3 is 10.0 Å². The highest BCUT2D eigenvalue weighted by atomic mass is 35.5. The molecule has 1 aliphatic rings. The summed E-state index contributed by atoms with van der Waals surface area (Å²) in [6.45, 7) is 0.412. The van der Waals surface area contributed by atoms with E-state index in [1.54, 1.807) is 0 Å². The summed E-state index contributed by atoms with van der Waals surface area (Å²) < 4.78 is 37.6. The normalized spacial score (nSPS) is 20.0. The minimum absolute atomic E-state index is 0.0896. The Morgan fingerprint density at radius 3 is 2.70 bits per heavy atom. The maximum absolute atomic E-state index is 12.5. The molecule has 8 heteroatoms. The number of halogens is 4. The molecule has 0 bridgehead atoms. The summed E-state index contributed by atoms with van der Waals surface area (Å²) in [5.41, 5.74) is -0.949. The average molecular weight is 309 g/mol. The topological polar surface area (TPSA) is 53.4 Å². The Labute approximate surface area is 118 Å². The van der Waals surface area contributed by atoms with Crippen molar-refractivity contribution < 1.29 is 23.1 Å². The van der Waals surface area contributed by atoms with E-state index in [-0.39, 0.29) is 10.8 Å². The van der Waals surface area contributed by atoms with E-state index in [0.717, 1.165) is 18.9 Å². The first-order chi connectivity index (χ1) is 9.30. The monoisotopic (exact) mass is 308 g/mol. The first-order valence-electron chi connectivity index (χ1n) is 6.03. The fourth-order valence-corrected chi connectivity index (χ4v) is 2.51. The molecule has 1 fully saturated rings. The summed E-state index contributed by atoms with van der Waals surface area (Å²) in [4.78, 5) is 16.3. The van der Waals surface area contributed by atoms with Gasteiger partial charge in [0, 0.05) is 12.7 Å². The Balaban J connectivity index is 2.34. The van der Waals surface area contributed by atoms with Crippen LogP contribution < -0.4 is 4.90 Å². The van der Waals surface area contributed by atoms with Gasteiger partial charge in [0.1, 0.15) is 11.9 Å². The van der Waals surface area contributed by atoms with Crippen molar-refractivity contribution in [3.63, 3.8) is 0 Å². The van der Waals surface area contributed by atoms with E-state index in [9.17, 15) is 18.0 Å². The minimum atomic E-state index is -4.52. The van der Waals surface area contributed by atoms with Gasteiger partial charge in [-0.3, -0.25) is 0 Å². The average Bonchev–Trinajstić information content (AvgIpc) is 2.37. The van der Waals surface area contributed by atoms with Crippen molar-refractivity contribution in [2.45, 2.75) is 31.5 Å². The van der Waals surface area contributed by atoms with Crippen molar-refractivity contribution in [2.24, 2.45) is 0 Å². The molecule has 0 aromatic carbocycles. The van der Waals surface area contributed by atoms with Gasteiger partial charge in [0.2, 0.25) is 0 Å². The number of carbonyl (C=O) groups is 1. The number of piperidine rings is 1. The second-order valence-electron chi connectivity index (χ2n) is 4.57. The highest BCUT2D eigenvalue weighted by molar-refractivity contribution is 6.33. The summed E-state index contributed by atoms with van der Waals surface area (Å²) in [6, 6.07) is -0.0253. The molecular weight excluding hydrogens is 297 g/mol. The van der Waals surface area contributed by atoms with Gasteiger partial charge >= 0.3 is 12.1 Å². The molecule has 1 aromatic rings. The quantitative estimate of drug-likeness (QED) is 0.911. The number of carboxylic acids is 1. The number of anilines is 1. The molecule has 1 aromatic heterocycles. The van der Waals surface area contributed by atoms with Crippen molar-refractivity contribution in [1.82, 2.24) is 4.98 Å². The van der Waals surface area contributed by atoms with Gasteiger partial charge in [-0.15, -0.1) is 0 Å². The molecule has 1 aliphatic heterocycles. The maximum Gasteiger partial charge on any atom is 0.417 e. The number of hydrogen-bond acceptors (Lipinski definition) is 3. The molecular formula is C12H12ClF3N2O2. The van der Waals surface area contributed by atoms with Gasteiger partial charge in [-0.2, -0.15) is 13.2 Å². The molecule has 0 spiro atoms. The highest BCUT2D eigenvalue weighted by Crippen LogP contribution is 2.35. The lowest BCUT2D eigenvalue weighted by molar-refractivity contribution is -0.139. The van der Waals surface area contributed by atoms with Crippen LogP contribution in [0.3, 0.4) is 0 Å². The summed E-state index contributed by atoms with van der Waals surface area (Å²) >= 11 is 5.84. The van der Waals surface area contributed by atoms with E-state index in [2.05, 4.69) is 4.98 Å². The SMILES string of the molecule is O=C(O)[C@H]1CCCCN1c1ncc(C(F)(F)F)cc1Cl. The van der Waals surface area contributed by atoms with Crippen LogP contribution in [0.15, 0.2) is 12.3 Å². The van der Waals surface area contributed by atoms with E-state index in [1.165, 1.54) is 4.90 Å². The fraction of sp³-hybridized carbons (Fsp3) is 0.500. The van der Waals surface area contributed by atoms with Crippen LogP contribution in [0.25, 0.3) is 0 Å². The van der Waals surface area contributed by atoms with Gasteiger partial charge in [-0.25, -0.2) is 9.78 Å². The smallest absolute Gasteiger partial charge is 0.417 e. The molecule has 0 saturated carbocycles. The molecule has 0 amide bonds. The van der Waals surface area contributed by atoms with Crippen molar-refractivity contribution in [1.29, 1.82) is 0 Å². The summed E-state index contributed by atoms with van der Waals surface area (Å²) in [7, 11) is 0. The minimum Gasteiger partial charge on any atom is -0.480 e. The first kappa shape index (κ1) is 14.9. The summed E-state index contributed by atoms with van der Waals surface area (Å²) in [5.74, 6) is -0.936. The number of aromatic nitrogens is 1. The molecule has 20 heavy (non-hydrogen) atoms. The van der Waals surface area contributed by atoms with Gasteiger partial charge in [0.25, 0.3) is 0 Å². The zero-order valence-corrected chi connectivity index (χ0v) is 11.1. The lowest BCUT2D eigenvalue weighted by Gasteiger charge is -2.34. The molecule has 1 saturated heterocycles. The number of nitrogens with zero attached hydrogens (tertiary/aromatic N) is 2. The zero-order valence-electron chi connectivity index (χ0n) is 10.3. The molecule has 2 rings (SSSR count). The Morgan fingerprint density at radius 2 is 2.15 bits per heavy atom. The van der Waals surface area contributed by atoms with Gasteiger partial charge in [0.15, 0.2) is 0 Å². The van der Waals surface area contributed by atoms with E-state index in [4.69, 9.17) is 16.7 Å². The Hall–Kier alpha value is -1.50. The number of rotatable bonds is 2. The third-order valence-corrected chi connectivity index (χ3v) is 3.49. The number of hydrogen-bond donors (Lipinski definition) is 1. The molecule has 110 valence electrons. The van der Waals surface area contributed by atoms with Crippen LogP contribution in [0.1, 0.15) is 24.8 Å². The zero-order chi connectivity index (χ0) is 14.9. The van der Waals surface area contributed by atoms with E-state index >= 15 is 0 Å². The van der Waals surface area contributed by atoms with E-state index < -0.39 is 23.8 Å². The molecule has 1 N–H and O–H groups in total. The maximum atomic E-state index is 12.5. The largest absolute Gasteiger partial charge is 0.480 e. The number of alkyl halides is 3. The van der Waals surface area contributed by atoms with Crippen molar-refractivity contribution in [2.75, 3.05) is 11.4 Å². The van der Waals surface area contributed by atoms with Crippen LogP contribution in [0.5, 0.6) is 0 Å². The summed E-state index contributed by atoms with van der Waals surface area (Å²) in [5, 5.41) is 8.97. The van der Waals surface area contributed by atoms with Gasteiger partial charge in [-0.05, 0) is 25.3 Å². The van der Waals surface area contributed by atoms with Crippen molar-refractivity contribution in [3.8, 4) is 0 Å². The van der Waals surface area contributed by atoms with E-state index in [0.29, 0.717) is 19.2 Å². The van der Waals surface area contributed by atoms with Crippen LogP contribution in [-0.4, -0.2) is 28.6 Å². The Bertz CT molecular complexity index is 522. The van der Waals surface area contributed by atoms with Crippen LogP contribution in [0, 0.1) is 0 Å². The van der Waals surface area contributed by atoms with Crippen molar-refractivity contribution in [3.05, 3.63) is 22.8 Å². The third-order valence-electron chi connectivity index (χ3n) is 3.21. The predicted molar refractivity (Wildman–Crippen MR) is 66.9 cm³/mol. The van der Waals surface area contributed by atoms with Crippen LogP contribution in [0.2, 0.25) is 5.02 Å². The van der Waals surface area contributed by atoms with Crippen LogP contribution in [-0.2, 0) is 11.0 Å². The predicted octanol–water partition coefficient (Wildman–Crippen LogP) is 3.20. The van der Waals surface area contributed by atoms with Crippen molar-refractivity contribution >= 4 is 23.4 Å². The second-order valence-corrected chi connectivity index (χ2v) is 4.98. The number of aliphatic carboxylic acids is 1.